The summed E-state index contributed by atoms with van der Waals surface area (Å²) in [4.78, 5) is 112. The molecule has 584 valence electrons. The molecule has 3 fully saturated rings. The average Bonchev–Trinajstić information content (AvgIpc) is 0.824. The van der Waals surface area contributed by atoms with E-state index in [0.717, 1.165) is 0 Å². The second-order valence-corrected chi connectivity index (χ2v) is 25.4. The molecule has 0 saturated carbocycles. The summed E-state index contributed by atoms with van der Waals surface area (Å²) in [7, 11) is 0. The minimum Gasteiger partial charge on any atom is -0.394 e. The predicted octanol–water partition coefficient (Wildman–Crippen LogP) is -6.80. The van der Waals surface area contributed by atoms with Crippen molar-refractivity contribution in [2.45, 2.75) is 234 Å². The van der Waals surface area contributed by atoms with Crippen molar-refractivity contribution < 1.29 is 132 Å². The Hall–Kier alpha value is -5.53. The normalized spacial score (nSPS) is 25.2. The Morgan fingerprint density at radius 1 is 0.366 bits per heavy atom. The van der Waals surface area contributed by atoms with E-state index in [1.807, 2.05) is 13.8 Å². The number of hydrogen-bond acceptors (Lipinski definition) is 28. The van der Waals surface area contributed by atoms with E-state index in [-0.39, 0.29) is 159 Å². The minimum absolute atomic E-state index is 0.00895. The fraction of sp³-hybridized carbons (Fsp3) is 0.859. The van der Waals surface area contributed by atoms with Gasteiger partial charge in [0.1, 0.15) is 92.9 Å². The molecule has 0 radical (unpaired) electrons. The molecule has 3 saturated heterocycles. The zero-order valence-corrected chi connectivity index (χ0v) is 58.9. The van der Waals surface area contributed by atoms with E-state index in [1.54, 1.807) is 0 Å². The zero-order valence-electron chi connectivity index (χ0n) is 58.9. The maximum Gasteiger partial charge on any atom is 0.245 e. The Balaban J connectivity index is 1.41. The molecule has 0 aromatic heterocycles. The van der Waals surface area contributed by atoms with Gasteiger partial charge in [0.2, 0.25) is 53.2 Å². The molecule has 0 bridgehead atoms. The molecule has 3 heterocycles. The van der Waals surface area contributed by atoms with Crippen LogP contribution in [0.5, 0.6) is 0 Å². The molecule has 0 spiro atoms. The number of nitrogens with one attached hydrogen (secondary N) is 10. The van der Waals surface area contributed by atoms with Gasteiger partial charge in [-0.05, 0) is 77.0 Å². The van der Waals surface area contributed by atoms with E-state index in [4.69, 9.17) is 42.6 Å². The lowest BCUT2D eigenvalue weighted by Gasteiger charge is -2.42. The summed E-state index contributed by atoms with van der Waals surface area (Å²) in [5, 5.41) is 118. The van der Waals surface area contributed by atoms with Crippen molar-refractivity contribution in [1.29, 1.82) is 0 Å². The largest absolute Gasteiger partial charge is 0.394 e. The van der Waals surface area contributed by atoms with Gasteiger partial charge in [-0.1, -0.05) is 13.8 Å². The Kier molecular flexibility index (Phi) is 45.1. The van der Waals surface area contributed by atoms with Crippen molar-refractivity contribution >= 4 is 53.2 Å². The Labute approximate surface area is 589 Å². The first-order valence-electron chi connectivity index (χ1n) is 34.9. The third-order valence-corrected chi connectivity index (χ3v) is 16.5. The molecule has 3 aliphatic heterocycles. The molecule has 0 aromatic rings. The predicted molar refractivity (Wildman–Crippen MR) is 355 cm³/mol. The highest BCUT2D eigenvalue weighted by atomic mass is 16.7. The zero-order chi connectivity index (χ0) is 74.7. The highest BCUT2D eigenvalue weighted by Gasteiger charge is 2.48. The van der Waals surface area contributed by atoms with Gasteiger partial charge in [0.25, 0.3) is 0 Å². The molecular weight excluding hydrogens is 1340 g/mol. The second-order valence-electron chi connectivity index (χ2n) is 25.4. The van der Waals surface area contributed by atoms with E-state index < -0.39 is 135 Å². The lowest BCUT2D eigenvalue weighted by molar-refractivity contribution is -0.270. The van der Waals surface area contributed by atoms with Gasteiger partial charge in [0.15, 0.2) is 18.9 Å². The van der Waals surface area contributed by atoms with Gasteiger partial charge < -0.3 is 142 Å². The van der Waals surface area contributed by atoms with Crippen LogP contribution in [0.2, 0.25) is 0 Å². The highest BCUT2D eigenvalue weighted by Crippen LogP contribution is 2.28. The van der Waals surface area contributed by atoms with E-state index in [2.05, 4.69) is 53.2 Å². The maximum absolute atomic E-state index is 13.3. The summed E-state index contributed by atoms with van der Waals surface area (Å²) in [6.07, 6.45) is -9.36. The molecule has 9 amide bonds. The number of amides is 9. The van der Waals surface area contributed by atoms with Crippen LogP contribution in [-0.4, -0.2) is 321 Å². The van der Waals surface area contributed by atoms with E-state index in [9.17, 15) is 89.1 Å². The first kappa shape index (κ1) is 89.7. The van der Waals surface area contributed by atoms with Crippen LogP contribution in [-0.2, 0) is 85.8 Å². The number of hydrogen-bond donors (Lipinski definition) is 19. The third kappa shape index (κ3) is 36.2. The van der Waals surface area contributed by atoms with Gasteiger partial charge in [0.05, 0.1) is 39.6 Å². The van der Waals surface area contributed by atoms with Crippen LogP contribution in [0.3, 0.4) is 0 Å². The molecule has 101 heavy (non-hydrogen) atoms. The Morgan fingerprint density at radius 3 is 0.881 bits per heavy atom. The molecule has 15 atom stereocenters. The lowest BCUT2D eigenvalue weighted by Crippen LogP contribution is -2.64. The monoisotopic (exact) mass is 1460 g/mol. The van der Waals surface area contributed by atoms with Crippen LogP contribution in [0, 0.1) is 0 Å². The molecule has 0 unspecified atom stereocenters. The fourth-order valence-electron chi connectivity index (χ4n) is 11.3. The van der Waals surface area contributed by atoms with E-state index in [1.165, 1.54) is 20.8 Å². The number of aliphatic hydroxyl groups excluding tert-OH is 9. The van der Waals surface area contributed by atoms with Crippen molar-refractivity contribution in [2.24, 2.45) is 0 Å². The summed E-state index contributed by atoms with van der Waals surface area (Å²) in [5.74, 6) is -3.56. The average molecular weight is 1460 g/mol. The van der Waals surface area contributed by atoms with Crippen LogP contribution < -0.4 is 53.2 Å². The van der Waals surface area contributed by atoms with Crippen molar-refractivity contribution in [1.82, 2.24) is 53.2 Å². The highest BCUT2D eigenvalue weighted by molar-refractivity contribution is 5.79. The fourth-order valence-corrected chi connectivity index (χ4v) is 11.3. The number of rotatable bonds is 53. The molecule has 3 rings (SSSR count). The first-order chi connectivity index (χ1) is 48.2. The van der Waals surface area contributed by atoms with Gasteiger partial charge >= 0.3 is 0 Å². The Bertz CT molecular complexity index is 2180. The topological polar surface area (TPSA) is 539 Å². The molecule has 0 aliphatic carbocycles. The molecule has 3 aliphatic rings. The standard InChI is InChI=1S/C64H116N10O27/c1-39(2)74-64(18-15-46(81)68-24-30-93-36-49(84)65-21-9-6-12-27-96-61-52(71-40(3)78)58(90)55(87)43(33-75)99-61,19-16-47(82)69-25-31-94-37-50(85)66-22-10-7-13-28-97-62-53(72-41(4)79)59(91)56(88)44(34-76)100-62)20-17-48(83)70-26-32-95-38-51(86)67-23-11-8-14-29-98-63-54(73-42(5)80)60(92)57(89)45(35-77)101-63/h39,43-45,52-63,74-77,87-92H,6-38H2,1-5H3,(H,65,84)(H,66,85)(H,67,86)(H,68,81)(H,69,82)(H,70,83)(H,71,78)(H,72,79)(H,73,80)/t43-,44-,45-,52+,53+,54+,55+,56+,57+,58-,59-,60-,61-,62-,63-/m1/s1. The minimum atomic E-state index is -1.43. The van der Waals surface area contributed by atoms with Crippen LogP contribution in [0.15, 0.2) is 0 Å². The summed E-state index contributed by atoms with van der Waals surface area (Å²) in [6, 6.07) is -3.31. The van der Waals surface area contributed by atoms with Crippen molar-refractivity contribution in [2.75, 3.05) is 119 Å². The Morgan fingerprint density at radius 2 is 0.634 bits per heavy atom. The summed E-state index contributed by atoms with van der Waals surface area (Å²) < 4.78 is 50.3. The SMILES string of the molecule is CC(=O)N[C@@H]1[C@H](OCCCCCNC(=O)COCCNC(=O)CCC(CCC(=O)NCCOCC(=O)NCCCCCO[C@@H]2O[C@H](CO)[C@H](O)[C@H](O)[C@@H]2NC(C)=O)(CCC(=O)NCCOCC(=O)NCCCCCO[C@@H]2O[C@H](CO)[C@H](O)[C@H](O)[C@@H]2NC(C)=O)NC(C)C)O[C@H](CO)[C@H](O)[C@@H]1O. The van der Waals surface area contributed by atoms with Crippen molar-refractivity contribution in [3.63, 3.8) is 0 Å². The van der Waals surface area contributed by atoms with Gasteiger partial charge in [-0.2, -0.15) is 0 Å². The molecular formula is C64H116N10O27. The van der Waals surface area contributed by atoms with Crippen molar-refractivity contribution in [3.05, 3.63) is 0 Å². The van der Waals surface area contributed by atoms with Crippen LogP contribution >= 0.6 is 0 Å². The number of carbonyl (C=O) groups is 9. The van der Waals surface area contributed by atoms with Gasteiger partial charge in [-0.25, -0.2) is 0 Å². The first-order valence-corrected chi connectivity index (χ1v) is 34.9. The number of aliphatic hydroxyl groups is 9. The van der Waals surface area contributed by atoms with Gasteiger partial charge in [0, 0.05) is 111 Å². The van der Waals surface area contributed by atoms with Gasteiger partial charge in [-0.3, -0.25) is 43.2 Å². The van der Waals surface area contributed by atoms with Crippen LogP contribution in [0.1, 0.15) is 131 Å². The van der Waals surface area contributed by atoms with E-state index >= 15 is 0 Å². The molecule has 19 N–H and O–H groups in total. The van der Waals surface area contributed by atoms with Crippen LogP contribution in [0.25, 0.3) is 0 Å². The van der Waals surface area contributed by atoms with Crippen molar-refractivity contribution in [3.8, 4) is 0 Å². The molecule has 37 nitrogen and oxygen atoms in total. The molecule has 37 heteroatoms. The number of unbranched alkanes of at least 4 members (excludes halogenated alkanes) is 6. The number of ether oxygens (including phenoxy) is 9. The van der Waals surface area contributed by atoms with Gasteiger partial charge in [-0.15, -0.1) is 0 Å². The quantitative estimate of drug-likeness (QED) is 0.0252. The summed E-state index contributed by atoms with van der Waals surface area (Å²) in [6.45, 7) is 6.80. The third-order valence-electron chi connectivity index (χ3n) is 16.5. The second kappa shape index (κ2) is 50.8. The lowest BCUT2D eigenvalue weighted by atomic mass is 9.82. The smallest absolute Gasteiger partial charge is 0.245 e. The van der Waals surface area contributed by atoms with Crippen LogP contribution in [0.4, 0.5) is 0 Å². The summed E-state index contributed by atoms with van der Waals surface area (Å²) in [5.41, 5.74) is -0.902. The molecule has 0 aromatic carbocycles. The maximum atomic E-state index is 13.3. The summed E-state index contributed by atoms with van der Waals surface area (Å²) >= 11 is 0. The van der Waals surface area contributed by atoms with E-state index in [0.29, 0.717) is 77.4 Å². The number of carbonyl (C=O) groups excluding carboxylic acids is 9.